The van der Waals surface area contributed by atoms with Gasteiger partial charge in [-0.05, 0) is 125 Å². The Morgan fingerprint density at radius 1 is 0.384 bits per heavy atom. The van der Waals surface area contributed by atoms with Crippen molar-refractivity contribution < 1.29 is 0 Å². The summed E-state index contributed by atoms with van der Waals surface area (Å²) in [6.07, 6.45) is 0. The maximum Gasteiger partial charge on any atom is 0.0619 e. The molecule has 0 N–H and O–H groups in total. The van der Waals surface area contributed by atoms with Gasteiger partial charge in [0.2, 0.25) is 0 Å². The van der Waals surface area contributed by atoms with E-state index < -0.39 is 0 Å². The van der Waals surface area contributed by atoms with Gasteiger partial charge in [0.05, 0.1) is 11.4 Å². The first-order chi connectivity index (χ1) is 35.6. The molecule has 0 fully saturated rings. The lowest BCUT2D eigenvalue weighted by atomic mass is 9.82. The van der Waals surface area contributed by atoms with Crippen LogP contribution in [0.1, 0.15) is 51.3 Å². The van der Waals surface area contributed by atoms with Gasteiger partial charge in [0.25, 0.3) is 0 Å². The van der Waals surface area contributed by atoms with Crippen LogP contribution in [0.25, 0.3) is 97.7 Å². The monoisotopic (exact) mass is 953 g/mol. The second kappa shape index (κ2) is 17.5. The minimum atomic E-state index is -0.143. The van der Waals surface area contributed by atoms with Gasteiger partial charge >= 0.3 is 0 Å². The molecule has 1 nitrogen and oxygen atoms in total. The highest BCUT2D eigenvalue weighted by Gasteiger charge is 2.36. The van der Waals surface area contributed by atoms with Crippen LogP contribution in [0.2, 0.25) is 0 Å². The van der Waals surface area contributed by atoms with E-state index >= 15 is 0 Å². The van der Waals surface area contributed by atoms with Gasteiger partial charge in [0.15, 0.2) is 0 Å². The van der Waals surface area contributed by atoms with Crippen molar-refractivity contribution in [2.75, 3.05) is 4.90 Å². The third kappa shape index (κ3) is 7.59. The third-order valence-corrected chi connectivity index (χ3v) is 16.6. The van der Waals surface area contributed by atoms with Gasteiger partial charge in [0.1, 0.15) is 0 Å². The Labute approximate surface area is 433 Å². The molecule has 12 aromatic rings. The van der Waals surface area contributed by atoms with Crippen molar-refractivity contribution in [3.63, 3.8) is 0 Å². The number of hydrogen-bond acceptors (Lipinski definition) is 2. The quantitative estimate of drug-likeness (QED) is 0.147. The first kappa shape index (κ1) is 44.6. The summed E-state index contributed by atoms with van der Waals surface area (Å²) in [5, 5.41) is 5.01. The predicted molar refractivity (Wildman–Crippen MR) is 315 cm³/mol. The van der Waals surface area contributed by atoms with Crippen molar-refractivity contribution in [1.82, 2.24) is 0 Å². The molecule has 0 saturated carbocycles. The molecule has 11 aromatic carbocycles. The zero-order valence-electron chi connectivity index (χ0n) is 41.9. The molecule has 0 unspecified atom stereocenters. The van der Waals surface area contributed by atoms with Crippen LogP contribution < -0.4 is 4.90 Å². The topological polar surface area (TPSA) is 3.24 Å². The molecule has 0 amide bonds. The van der Waals surface area contributed by atoms with Crippen molar-refractivity contribution in [2.45, 2.75) is 45.4 Å². The number of rotatable bonds is 8. The fourth-order valence-electron chi connectivity index (χ4n) is 11.7. The van der Waals surface area contributed by atoms with E-state index in [0.717, 1.165) is 44.9 Å². The van der Waals surface area contributed by atoms with E-state index in [9.17, 15) is 0 Å². The van der Waals surface area contributed by atoms with Gasteiger partial charge in [0, 0.05) is 48.0 Å². The third-order valence-electron chi connectivity index (χ3n) is 15.4. The molecule has 0 bridgehead atoms. The molecule has 1 aromatic heterocycles. The van der Waals surface area contributed by atoms with Crippen LogP contribution in [-0.4, -0.2) is 0 Å². The van der Waals surface area contributed by atoms with Crippen LogP contribution in [0.5, 0.6) is 0 Å². The molecule has 350 valence electrons. The molecule has 0 spiro atoms. The van der Waals surface area contributed by atoms with Gasteiger partial charge < -0.3 is 4.90 Å². The Bertz CT molecular complexity index is 4020. The first-order valence-corrected chi connectivity index (χ1v) is 26.4. The van der Waals surface area contributed by atoms with Crippen molar-refractivity contribution in [1.29, 1.82) is 0 Å². The van der Waals surface area contributed by atoms with E-state index in [-0.39, 0.29) is 10.8 Å². The molecule has 73 heavy (non-hydrogen) atoms. The lowest BCUT2D eigenvalue weighted by Gasteiger charge is -2.34. The van der Waals surface area contributed by atoms with Crippen LogP contribution in [-0.2, 0) is 10.8 Å². The normalized spacial score (nSPS) is 12.8. The zero-order valence-corrected chi connectivity index (χ0v) is 42.8. The van der Waals surface area contributed by atoms with E-state index in [4.69, 9.17) is 0 Å². The fourth-order valence-corrected chi connectivity index (χ4v) is 12.9. The summed E-state index contributed by atoms with van der Waals surface area (Å²) in [4.78, 5) is 2.60. The maximum atomic E-state index is 2.60. The van der Waals surface area contributed by atoms with Crippen molar-refractivity contribution in [3.8, 4) is 66.8 Å². The van der Waals surface area contributed by atoms with Gasteiger partial charge in [-0.15, -0.1) is 11.3 Å². The Balaban J connectivity index is 1.13. The summed E-state index contributed by atoms with van der Waals surface area (Å²) in [5.74, 6) is 0. The summed E-state index contributed by atoms with van der Waals surface area (Å²) in [7, 11) is 0. The van der Waals surface area contributed by atoms with Gasteiger partial charge in [-0.1, -0.05) is 235 Å². The molecular formula is C71H55NS. The predicted octanol–water partition coefficient (Wildman–Crippen LogP) is 20.6. The van der Waals surface area contributed by atoms with Crippen molar-refractivity contribution in [3.05, 3.63) is 259 Å². The largest absolute Gasteiger partial charge is 0.309 e. The van der Waals surface area contributed by atoms with E-state index in [1.54, 1.807) is 0 Å². The van der Waals surface area contributed by atoms with Crippen molar-refractivity contribution in [2.24, 2.45) is 0 Å². The lowest BCUT2D eigenvalue weighted by Crippen LogP contribution is -2.16. The number of thiophene rings is 1. The summed E-state index contributed by atoms with van der Waals surface area (Å²) >= 11 is 1.89. The summed E-state index contributed by atoms with van der Waals surface area (Å²) in [6, 6.07) is 91.0. The van der Waals surface area contributed by atoms with E-state index in [2.05, 4.69) is 282 Å². The highest BCUT2D eigenvalue weighted by atomic mass is 32.1. The zero-order chi connectivity index (χ0) is 49.4. The van der Waals surface area contributed by atoms with Gasteiger partial charge in [-0.2, -0.15) is 0 Å². The molecule has 0 atom stereocenters. The fraction of sp³-hybridized carbons (Fsp3) is 0.0986. The SMILES string of the molecule is CC(C)(C)c1ccc(-c2cc(-c3ccccc3)c(N(c3ccc4c(c3)-c3ccccc3C4(C)C)c3ccc4ccccc4c3-c3cccc(-c4cccc5c4sc4ccccc45)c3)c(-c3ccccc3)c2)cc1. The van der Waals surface area contributed by atoms with E-state index in [1.165, 1.54) is 86.6 Å². The molecular weight excluding hydrogens is 899 g/mol. The highest BCUT2D eigenvalue weighted by molar-refractivity contribution is 7.26. The molecule has 13 rings (SSSR count). The molecule has 0 saturated heterocycles. The van der Waals surface area contributed by atoms with Crippen LogP contribution in [0, 0.1) is 0 Å². The van der Waals surface area contributed by atoms with Gasteiger partial charge in [-0.25, -0.2) is 0 Å². The molecule has 1 aliphatic carbocycles. The average molecular weight is 954 g/mol. The van der Waals surface area contributed by atoms with Crippen LogP contribution in [0.3, 0.4) is 0 Å². The number of hydrogen-bond donors (Lipinski definition) is 0. The Kier molecular flexibility index (Phi) is 10.7. The maximum absolute atomic E-state index is 2.60. The first-order valence-electron chi connectivity index (χ1n) is 25.6. The number of fused-ring (bicyclic) bond motifs is 7. The Morgan fingerprint density at radius 3 is 1.71 bits per heavy atom. The molecule has 2 heteroatoms. The van der Waals surface area contributed by atoms with Crippen LogP contribution in [0.15, 0.2) is 243 Å². The second-order valence-corrected chi connectivity index (χ2v) is 22.3. The standard InChI is InChI=1S/C71H55NS/c1-70(2,3)53-37-34-46(35-38-53)52-43-60(47-20-8-6-9-21-47)68(61(44-52)48-22-10-7-11-23-48)72(54-39-40-64-62(45-54)57-28-14-16-32-63(57)71(64,4)5)65-41-36-49-24-12-13-27-55(49)67(65)51-26-18-25-50(42-51)56-30-19-31-59-58-29-15-17-33-66(58)73-69(56)59/h6-45H,1-5H3. The average Bonchev–Trinajstić information content (AvgIpc) is 3.93. The smallest absolute Gasteiger partial charge is 0.0619 e. The minimum absolute atomic E-state index is 0.0436. The molecule has 0 aliphatic heterocycles. The van der Waals surface area contributed by atoms with Crippen LogP contribution >= 0.6 is 11.3 Å². The number of anilines is 3. The van der Waals surface area contributed by atoms with Gasteiger partial charge in [-0.3, -0.25) is 0 Å². The Hall–Kier alpha value is -8.30. The van der Waals surface area contributed by atoms with Crippen LogP contribution in [0.4, 0.5) is 17.1 Å². The highest BCUT2D eigenvalue weighted by Crippen LogP contribution is 2.55. The molecule has 1 aliphatic rings. The number of benzene rings is 11. The molecule has 1 heterocycles. The second-order valence-electron chi connectivity index (χ2n) is 21.3. The van der Waals surface area contributed by atoms with E-state index in [0.29, 0.717) is 0 Å². The summed E-state index contributed by atoms with van der Waals surface area (Å²) in [5.41, 5.74) is 21.6. The summed E-state index contributed by atoms with van der Waals surface area (Å²) in [6.45, 7) is 11.6. The summed E-state index contributed by atoms with van der Waals surface area (Å²) < 4.78 is 2.62. The minimum Gasteiger partial charge on any atom is -0.309 e. The lowest BCUT2D eigenvalue weighted by molar-refractivity contribution is 0.590. The number of nitrogens with zero attached hydrogens (tertiary/aromatic N) is 1. The van der Waals surface area contributed by atoms with E-state index in [1.807, 2.05) is 11.3 Å². The molecule has 0 radical (unpaired) electrons. The Morgan fingerprint density at radius 2 is 0.973 bits per heavy atom. The van der Waals surface area contributed by atoms with Crippen molar-refractivity contribution >= 4 is 59.3 Å².